The molecule has 0 atom stereocenters. The van der Waals surface area contributed by atoms with Gasteiger partial charge >= 0.3 is 0 Å². The minimum atomic E-state index is 0.963. The van der Waals surface area contributed by atoms with E-state index in [1.807, 2.05) is 12.1 Å². The highest BCUT2D eigenvalue weighted by Crippen LogP contribution is 2.30. The zero-order valence-corrected chi connectivity index (χ0v) is 7.73. The van der Waals surface area contributed by atoms with Crippen molar-refractivity contribution in [2.45, 2.75) is 6.42 Å². The molecule has 1 aromatic heterocycles. The van der Waals surface area contributed by atoms with Gasteiger partial charge in [-0.2, -0.15) is 0 Å². The maximum Gasteiger partial charge on any atom is 0.134 e. The van der Waals surface area contributed by atoms with Crippen LogP contribution in [0.1, 0.15) is 11.1 Å². The van der Waals surface area contributed by atoms with Crippen LogP contribution in [0, 0.1) is 0 Å². The standard InChI is InChI=1S/C13H10O/c1-4-10-5-2-7-12(11(10)6-1)13-8-3-9-14-13/h1-5,7-9H,6H2. The molecule has 1 nitrogen and oxygen atoms in total. The molecular weight excluding hydrogens is 172 g/mol. The Labute approximate surface area is 82.7 Å². The first kappa shape index (κ1) is 7.63. The molecule has 0 amide bonds. The van der Waals surface area contributed by atoms with Crippen molar-refractivity contribution in [2.75, 3.05) is 0 Å². The summed E-state index contributed by atoms with van der Waals surface area (Å²) < 4.78 is 5.42. The Morgan fingerprint density at radius 1 is 1.07 bits per heavy atom. The third kappa shape index (κ3) is 1.02. The van der Waals surface area contributed by atoms with Gasteiger partial charge in [0, 0.05) is 5.56 Å². The summed E-state index contributed by atoms with van der Waals surface area (Å²) >= 11 is 0. The van der Waals surface area contributed by atoms with Gasteiger partial charge in [0.15, 0.2) is 0 Å². The van der Waals surface area contributed by atoms with Gasteiger partial charge in [-0.15, -0.1) is 0 Å². The first-order valence-corrected chi connectivity index (χ1v) is 4.77. The van der Waals surface area contributed by atoms with Gasteiger partial charge < -0.3 is 4.42 Å². The molecule has 2 aromatic rings. The van der Waals surface area contributed by atoms with Gasteiger partial charge in [0.05, 0.1) is 6.26 Å². The minimum Gasteiger partial charge on any atom is -0.464 e. The fourth-order valence-electron chi connectivity index (χ4n) is 1.96. The van der Waals surface area contributed by atoms with Crippen LogP contribution in [0.25, 0.3) is 17.4 Å². The molecule has 0 N–H and O–H groups in total. The van der Waals surface area contributed by atoms with Crippen LogP contribution in [0.4, 0.5) is 0 Å². The molecule has 0 spiro atoms. The molecular formula is C13H10O. The van der Waals surface area contributed by atoms with Gasteiger partial charge in [-0.3, -0.25) is 0 Å². The summed E-state index contributed by atoms with van der Waals surface area (Å²) in [7, 11) is 0. The van der Waals surface area contributed by atoms with E-state index in [4.69, 9.17) is 4.42 Å². The van der Waals surface area contributed by atoms with E-state index >= 15 is 0 Å². The lowest BCUT2D eigenvalue weighted by atomic mass is 10.0. The zero-order chi connectivity index (χ0) is 9.38. The normalized spacial score (nSPS) is 13.1. The van der Waals surface area contributed by atoms with E-state index in [1.165, 1.54) is 16.7 Å². The number of benzene rings is 1. The maximum atomic E-state index is 5.42. The number of fused-ring (bicyclic) bond motifs is 1. The molecule has 1 aliphatic carbocycles. The van der Waals surface area contributed by atoms with Crippen LogP contribution in [0.3, 0.4) is 0 Å². The molecule has 14 heavy (non-hydrogen) atoms. The van der Waals surface area contributed by atoms with E-state index in [-0.39, 0.29) is 0 Å². The molecule has 1 aromatic carbocycles. The van der Waals surface area contributed by atoms with Crippen LogP contribution >= 0.6 is 0 Å². The minimum absolute atomic E-state index is 0.963. The molecule has 1 heteroatoms. The summed E-state index contributed by atoms with van der Waals surface area (Å²) in [4.78, 5) is 0. The van der Waals surface area contributed by atoms with Crippen molar-refractivity contribution in [3.8, 4) is 11.3 Å². The molecule has 0 bridgehead atoms. The van der Waals surface area contributed by atoms with Gasteiger partial charge in [-0.25, -0.2) is 0 Å². The predicted octanol–water partition coefficient (Wildman–Crippen LogP) is 3.52. The van der Waals surface area contributed by atoms with E-state index in [1.54, 1.807) is 6.26 Å². The van der Waals surface area contributed by atoms with E-state index in [0.717, 1.165) is 12.2 Å². The fraction of sp³-hybridized carbons (Fsp3) is 0.0769. The average molecular weight is 182 g/mol. The van der Waals surface area contributed by atoms with Gasteiger partial charge in [-0.1, -0.05) is 30.4 Å². The van der Waals surface area contributed by atoms with Crippen molar-refractivity contribution in [3.63, 3.8) is 0 Å². The summed E-state index contributed by atoms with van der Waals surface area (Å²) in [5, 5.41) is 0. The molecule has 0 saturated heterocycles. The van der Waals surface area contributed by atoms with Crippen molar-refractivity contribution in [1.29, 1.82) is 0 Å². The lowest BCUT2D eigenvalue weighted by Gasteiger charge is -2.04. The molecule has 0 saturated carbocycles. The smallest absolute Gasteiger partial charge is 0.134 e. The van der Waals surface area contributed by atoms with E-state index in [0.29, 0.717) is 0 Å². The second-order valence-electron chi connectivity index (χ2n) is 3.46. The SMILES string of the molecule is C1=Cc2cccc(-c3ccco3)c2C1. The summed E-state index contributed by atoms with van der Waals surface area (Å²) in [5.74, 6) is 0.963. The monoisotopic (exact) mass is 182 g/mol. The average Bonchev–Trinajstić information content (AvgIpc) is 2.88. The molecule has 1 aliphatic rings. The first-order valence-electron chi connectivity index (χ1n) is 4.77. The first-order chi connectivity index (χ1) is 6.95. The Balaban J connectivity index is 2.22. The molecule has 3 rings (SSSR count). The van der Waals surface area contributed by atoms with Crippen molar-refractivity contribution < 1.29 is 4.42 Å². The molecule has 0 fully saturated rings. The maximum absolute atomic E-state index is 5.42. The van der Waals surface area contributed by atoms with Crippen molar-refractivity contribution in [3.05, 3.63) is 53.8 Å². The Morgan fingerprint density at radius 2 is 2.07 bits per heavy atom. The van der Waals surface area contributed by atoms with E-state index < -0.39 is 0 Å². The summed E-state index contributed by atoms with van der Waals surface area (Å²) in [6, 6.07) is 10.3. The highest BCUT2D eigenvalue weighted by molar-refractivity contribution is 5.73. The molecule has 68 valence electrons. The van der Waals surface area contributed by atoms with Crippen molar-refractivity contribution in [2.24, 2.45) is 0 Å². The summed E-state index contributed by atoms with van der Waals surface area (Å²) in [6.45, 7) is 0. The Morgan fingerprint density at radius 3 is 2.93 bits per heavy atom. The number of rotatable bonds is 1. The lowest BCUT2D eigenvalue weighted by molar-refractivity contribution is 0.582. The Bertz CT molecular complexity index is 478. The summed E-state index contributed by atoms with van der Waals surface area (Å²) in [5.41, 5.74) is 3.92. The van der Waals surface area contributed by atoms with Crippen LogP contribution in [-0.4, -0.2) is 0 Å². The highest BCUT2D eigenvalue weighted by Gasteiger charge is 2.12. The van der Waals surface area contributed by atoms with E-state index in [2.05, 4.69) is 30.4 Å². The van der Waals surface area contributed by atoms with Crippen LogP contribution in [0.2, 0.25) is 0 Å². The quantitative estimate of drug-likeness (QED) is 0.657. The van der Waals surface area contributed by atoms with Gasteiger partial charge in [0.2, 0.25) is 0 Å². The van der Waals surface area contributed by atoms with Crippen molar-refractivity contribution >= 4 is 6.08 Å². The Kier molecular flexibility index (Phi) is 1.57. The van der Waals surface area contributed by atoms with Gasteiger partial charge in [0.25, 0.3) is 0 Å². The zero-order valence-electron chi connectivity index (χ0n) is 7.73. The molecule has 0 unspecified atom stereocenters. The predicted molar refractivity (Wildman–Crippen MR) is 56.9 cm³/mol. The number of furan rings is 1. The second kappa shape index (κ2) is 2.88. The highest BCUT2D eigenvalue weighted by atomic mass is 16.3. The van der Waals surface area contributed by atoms with E-state index in [9.17, 15) is 0 Å². The third-order valence-corrected chi connectivity index (χ3v) is 2.62. The molecule has 0 aliphatic heterocycles. The lowest BCUT2D eigenvalue weighted by Crippen LogP contribution is -1.86. The largest absolute Gasteiger partial charge is 0.464 e. The van der Waals surface area contributed by atoms with Gasteiger partial charge in [-0.05, 0) is 29.7 Å². The fourth-order valence-corrected chi connectivity index (χ4v) is 1.96. The second-order valence-corrected chi connectivity index (χ2v) is 3.46. The molecule has 0 radical (unpaired) electrons. The molecule has 1 heterocycles. The Hall–Kier alpha value is -1.76. The van der Waals surface area contributed by atoms with Crippen LogP contribution in [0.15, 0.2) is 47.1 Å². The van der Waals surface area contributed by atoms with Crippen molar-refractivity contribution in [1.82, 2.24) is 0 Å². The van der Waals surface area contributed by atoms with Crippen LogP contribution in [0.5, 0.6) is 0 Å². The number of hydrogen-bond donors (Lipinski definition) is 0. The number of hydrogen-bond acceptors (Lipinski definition) is 1. The summed E-state index contributed by atoms with van der Waals surface area (Å²) in [6.07, 6.45) is 7.10. The van der Waals surface area contributed by atoms with Gasteiger partial charge in [0.1, 0.15) is 5.76 Å². The third-order valence-electron chi connectivity index (χ3n) is 2.62. The topological polar surface area (TPSA) is 13.1 Å². The van der Waals surface area contributed by atoms with Crippen LogP contribution in [-0.2, 0) is 6.42 Å². The van der Waals surface area contributed by atoms with Crippen LogP contribution < -0.4 is 0 Å². The number of allylic oxidation sites excluding steroid dienone is 1.